The first-order valence-corrected chi connectivity index (χ1v) is 5.70. The molecule has 0 unspecified atom stereocenters. The van der Waals surface area contributed by atoms with Crippen molar-refractivity contribution in [2.24, 2.45) is 5.73 Å². The van der Waals surface area contributed by atoms with Crippen LogP contribution in [0.3, 0.4) is 0 Å². The van der Waals surface area contributed by atoms with E-state index >= 15 is 0 Å². The molecule has 2 nitrogen and oxygen atoms in total. The summed E-state index contributed by atoms with van der Waals surface area (Å²) in [5.74, 6) is -0.409. The minimum Gasteiger partial charge on any atom is -0.371 e. The summed E-state index contributed by atoms with van der Waals surface area (Å²) in [4.78, 5) is 1.57. The number of halogens is 4. The fourth-order valence-electron chi connectivity index (χ4n) is 1.57. The van der Waals surface area contributed by atoms with Gasteiger partial charge in [-0.3, -0.25) is 0 Å². The molecule has 0 saturated heterocycles. The Hall–Kier alpha value is -1.30. The van der Waals surface area contributed by atoms with E-state index in [2.05, 4.69) is 0 Å². The van der Waals surface area contributed by atoms with E-state index in [9.17, 15) is 17.6 Å². The van der Waals surface area contributed by atoms with E-state index in [4.69, 9.17) is 5.73 Å². The van der Waals surface area contributed by atoms with Gasteiger partial charge in [0.25, 0.3) is 0 Å². The maximum atomic E-state index is 12.8. The number of nitrogens with two attached hydrogens (primary N) is 1. The third-order valence-corrected chi connectivity index (χ3v) is 2.49. The lowest BCUT2D eigenvalue weighted by atomic mass is 10.2. The van der Waals surface area contributed by atoms with Gasteiger partial charge in [-0.2, -0.15) is 13.2 Å². The lowest BCUT2D eigenvalue weighted by Gasteiger charge is -2.25. The monoisotopic (exact) mass is 264 g/mol. The second-order valence-electron chi connectivity index (χ2n) is 3.97. The quantitative estimate of drug-likeness (QED) is 0.800. The zero-order valence-corrected chi connectivity index (χ0v) is 9.88. The van der Waals surface area contributed by atoms with Crippen LogP contribution in [0.1, 0.15) is 12.8 Å². The standard InChI is InChI=1S/C12H16F4N2/c13-10-2-4-11(5-3-10)18(8-1-7-17)9-6-12(14,15)16/h2-5H,1,6-9,17H2. The molecule has 6 heteroatoms. The van der Waals surface area contributed by atoms with Gasteiger partial charge in [0.1, 0.15) is 5.82 Å². The van der Waals surface area contributed by atoms with Gasteiger partial charge >= 0.3 is 6.18 Å². The van der Waals surface area contributed by atoms with Crippen LogP contribution in [0.5, 0.6) is 0 Å². The lowest BCUT2D eigenvalue weighted by Crippen LogP contribution is -2.30. The number of hydrogen-bond donors (Lipinski definition) is 1. The van der Waals surface area contributed by atoms with Gasteiger partial charge in [-0.25, -0.2) is 4.39 Å². The topological polar surface area (TPSA) is 29.3 Å². The SMILES string of the molecule is NCCCN(CCC(F)(F)F)c1ccc(F)cc1. The summed E-state index contributed by atoms with van der Waals surface area (Å²) in [5.41, 5.74) is 5.93. The molecule has 18 heavy (non-hydrogen) atoms. The molecular formula is C12H16F4N2. The second-order valence-corrected chi connectivity index (χ2v) is 3.97. The summed E-state index contributed by atoms with van der Waals surface area (Å²) in [6, 6.07) is 5.42. The molecule has 0 radical (unpaired) electrons. The molecule has 0 heterocycles. The fraction of sp³-hybridized carbons (Fsp3) is 0.500. The largest absolute Gasteiger partial charge is 0.390 e. The molecule has 0 aliphatic heterocycles. The number of nitrogens with zero attached hydrogens (tertiary/aromatic N) is 1. The summed E-state index contributed by atoms with van der Waals surface area (Å²) in [6.07, 6.45) is -4.49. The van der Waals surface area contributed by atoms with Crippen molar-refractivity contribution in [1.82, 2.24) is 0 Å². The minimum atomic E-state index is -4.19. The minimum absolute atomic E-state index is 0.144. The van der Waals surface area contributed by atoms with Crippen LogP contribution >= 0.6 is 0 Å². The van der Waals surface area contributed by atoms with Crippen molar-refractivity contribution < 1.29 is 17.6 Å². The number of rotatable bonds is 6. The van der Waals surface area contributed by atoms with Gasteiger partial charge in [-0.15, -0.1) is 0 Å². The molecule has 102 valence electrons. The van der Waals surface area contributed by atoms with Crippen molar-refractivity contribution in [2.75, 3.05) is 24.5 Å². The van der Waals surface area contributed by atoms with Crippen LogP contribution in [0, 0.1) is 5.82 Å². The van der Waals surface area contributed by atoms with Crippen LogP contribution in [0.25, 0.3) is 0 Å². The van der Waals surface area contributed by atoms with Gasteiger partial charge in [0.2, 0.25) is 0 Å². The summed E-state index contributed by atoms with van der Waals surface area (Å²) in [6.45, 7) is 0.692. The maximum Gasteiger partial charge on any atom is 0.390 e. The first-order valence-electron chi connectivity index (χ1n) is 5.70. The summed E-state index contributed by atoms with van der Waals surface area (Å²) < 4.78 is 49.4. The van der Waals surface area contributed by atoms with Crippen LogP contribution in [0.4, 0.5) is 23.2 Å². The first kappa shape index (κ1) is 14.8. The molecule has 1 rings (SSSR count). The van der Waals surface area contributed by atoms with Crippen molar-refractivity contribution in [3.63, 3.8) is 0 Å². The Balaban J connectivity index is 2.68. The maximum absolute atomic E-state index is 12.8. The molecule has 0 amide bonds. The smallest absolute Gasteiger partial charge is 0.371 e. The van der Waals surface area contributed by atoms with Gasteiger partial charge in [-0.05, 0) is 37.2 Å². The molecule has 2 N–H and O–H groups in total. The molecule has 0 aliphatic carbocycles. The van der Waals surface area contributed by atoms with Crippen molar-refractivity contribution in [2.45, 2.75) is 19.0 Å². The van der Waals surface area contributed by atoms with Crippen LogP contribution < -0.4 is 10.6 Å². The molecule has 0 saturated carbocycles. The fourth-order valence-corrected chi connectivity index (χ4v) is 1.57. The van der Waals surface area contributed by atoms with Gasteiger partial charge in [0.15, 0.2) is 0 Å². The van der Waals surface area contributed by atoms with Crippen molar-refractivity contribution >= 4 is 5.69 Å². The van der Waals surface area contributed by atoms with E-state index in [1.807, 2.05) is 0 Å². The van der Waals surface area contributed by atoms with Crippen LogP contribution in [0.15, 0.2) is 24.3 Å². The molecule has 0 aromatic heterocycles. The first-order chi connectivity index (χ1) is 8.42. The molecule has 0 fully saturated rings. The Bertz CT molecular complexity index is 348. The zero-order valence-electron chi connectivity index (χ0n) is 9.88. The average molecular weight is 264 g/mol. The normalized spacial score (nSPS) is 11.6. The highest BCUT2D eigenvalue weighted by molar-refractivity contribution is 5.46. The van der Waals surface area contributed by atoms with Gasteiger partial charge in [0, 0.05) is 18.8 Å². The Morgan fingerprint density at radius 2 is 1.67 bits per heavy atom. The molecule has 0 atom stereocenters. The predicted octanol–water partition coefficient (Wildman–Crippen LogP) is 2.93. The van der Waals surface area contributed by atoms with E-state index in [0.29, 0.717) is 25.2 Å². The zero-order chi connectivity index (χ0) is 13.6. The van der Waals surface area contributed by atoms with E-state index in [0.717, 1.165) is 0 Å². The third-order valence-electron chi connectivity index (χ3n) is 2.49. The lowest BCUT2D eigenvalue weighted by molar-refractivity contribution is -0.132. The Morgan fingerprint density at radius 3 is 2.17 bits per heavy atom. The molecule has 1 aromatic carbocycles. The molecule has 0 bridgehead atoms. The number of alkyl halides is 3. The van der Waals surface area contributed by atoms with E-state index in [1.165, 1.54) is 24.3 Å². The molecule has 0 aliphatic rings. The predicted molar refractivity (Wildman–Crippen MR) is 63.0 cm³/mol. The highest BCUT2D eigenvalue weighted by Crippen LogP contribution is 2.22. The summed E-state index contributed by atoms with van der Waals surface area (Å²) >= 11 is 0. The van der Waals surface area contributed by atoms with Crippen LogP contribution in [0.2, 0.25) is 0 Å². The van der Waals surface area contributed by atoms with Crippen LogP contribution in [-0.4, -0.2) is 25.8 Å². The third kappa shape index (κ3) is 5.35. The second kappa shape index (κ2) is 6.58. The number of benzene rings is 1. The van der Waals surface area contributed by atoms with E-state index < -0.39 is 18.4 Å². The summed E-state index contributed by atoms with van der Waals surface area (Å²) in [5, 5.41) is 0. The van der Waals surface area contributed by atoms with Crippen LogP contribution in [-0.2, 0) is 0 Å². The van der Waals surface area contributed by atoms with Crippen molar-refractivity contribution in [3.05, 3.63) is 30.1 Å². The van der Waals surface area contributed by atoms with E-state index in [1.54, 1.807) is 4.90 Å². The molecular weight excluding hydrogens is 248 g/mol. The van der Waals surface area contributed by atoms with E-state index in [-0.39, 0.29) is 6.54 Å². The van der Waals surface area contributed by atoms with Gasteiger partial charge in [0.05, 0.1) is 6.42 Å². The Morgan fingerprint density at radius 1 is 1.06 bits per heavy atom. The highest BCUT2D eigenvalue weighted by atomic mass is 19.4. The number of anilines is 1. The van der Waals surface area contributed by atoms with Crippen molar-refractivity contribution in [1.29, 1.82) is 0 Å². The highest BCUT2D eigenvalue weighted by Gasteiger charge is 2.27. The van der Waals surface area contributed by atoms with Gasteiger partial charge in [-0.1, -0.05) is 0 Å². The Labute approximate surface area is 103 Å². The molecule has 1 aromatic rings. The molecule has 0 spiro atoms. The van der Waals surface area contributed by atoms with Gasteiger partial charge < -0.3 is 10.6 Å². The average Bonchev–Trinajstić information content (AvgIpc) is 2.29. The Kier molecular flexibility index (Phi) is 5.40. The summed E-state index contributed by atoms with van der Waals surface area (Å²) in [7, 11) is 0. The van der Waals surface area contributed by atoms with Crippen molar-refractivity contribution in [3.8, 4) is 0 Å². The number of hydrogen-bond acceptors (Lipinski definition) is 2.